The molecule has 0 N–H and O–H groups in total. The molecule has 0 aliphatic heterocycles. The van der Waals surface area contributed by atoms with Crippen molar-refractivity contribution in [2.45, 2.75) is 12.4 Å². The highest BCUT2D eigenvalue weighted by molar-refractivity contribution is 6.32. The van der Waals surface area contributed by atoms with Crippen LogP contribution in [0.4, 0.5) is 5.82 Å². The molecule has 5 heteroatoms. The van der Waals surface area contributed by atoms with Gasteiger partial charge in [-0.3, -0.25) is 0 Å². The Kier molecular flexibility index (Phi) is 4.92. The first-order valence-corrected chi connectivity index (χ1v) is 7.05. The summed E-state index contributed by atoms with van der Waals surface area (Å²) < 4.78 is 0. The molecule has 0 aliphatic carbocycles. The summed E-state index contributed by atoms with van der Waals surface area (Å²) in [5, 5.41) is 1.33. The third-order valence-electron chi connectivity index (χ3n) is 2.76. The average Bonchev–Trinajstić information content (AvgIpc) is 2.39. The van der Waals surface area contributed by atoms with Crippen molar-refractivity contribution in [1.29, 1.82) is 0 Å². The van der Waals surface area contributed by atoms with Gasteiger partial charge in [-0.05, 0) is 29.3 Å². The average molecular weight is 316 g/mol. The van der Waals surface area contributed by atoms with Crippen LogP contribution in [-0.4, -0.2) is 12.0 Å². The molecule has 0 aliphatic rings. The maximum absolute atomic E-state index is 6.00. The minimum Gasteiger partial charge on any atom is -0.355 e. The SMILES string of the molecule is CN(Cc1cccc(Cl)c1)c1cc(CCl)c(Cl)cn1. The molecule has 2 rings (SSSR count). The molecular weight excluding hydrogens is 303 g/mol. The van der Waals surface area contributed by atoms with E-state index in [1.54, 1.807) is 6.20 Å². The Hall–Kier alpha value is -0.960. The highest BCUT2D eigenvalue weighted by atomic mass is 35.5. The molecule has 0 saturated heterocycles. The summed E-state index contributed by atoms with van der Waals surface area (Å²) in [7, 11) is 1.97. The van der Waals surface area contributed by atoms with Gasteiger partial charge in [0, 0.05) is 30.7 Å². The van der Waals surface area contributed by atoms with Crippen molar-refractivity contribution in [3.63, 3.8) is 0 Å². The molecule has 19 heavy (non-hydrogen) atoms. The number of hydrogen-bond acceptors (Lipinski definition) is 2. The highest BCUT2D eigenvalue weighted by Crippen LogP contribution is 2.22. The Balaban J connectivity index is 2.18. The van der Waals surface area contributed by atoms with Crippen LogP contribution in [0.5, 0.6) is 0 Å². The van der Waals surface area contributed by atoms with Gasteiger partial charge >= 0.3 is 0 Å². The van der Waals surface area contributed by atoms with Gasteiger partial charge in [-0.15, -0.1) is 11.6 Å². The third-order valence-corrected chi connectivity index (χ3v) is 3.63. The number of benzene rings is 1. The number of halogens is 3. The van der Waals surface area contributed by atoms with Crippen molar-refractivity contribution in [2.24, 2.45) is 0 Å². The maximum Gasteiger partial charge on any atom is 0.128 e. The number of pyridine rings is 1. The monoisotopic (exact) mass is 314 g/mol. The molecule has 1 aromatic heterocycles. The van der Waals surface area contributed by atoms with Gasteiger partial charge in [0.25, 0.3) is 0 Å². The van der Waals surface area contributed by atoms with E-state index in [0.717, 1.165) is 28.5 Å². The van der Waals surface area contributed by atoms with Gasteiger partial charge in [-0.1, -0.05) is 35.3 Å². The van der Waals surface area contributed by atoms with Crippen LogP contribution in [0.3, 0.4) is 0 Å². The lowest BCUT2D eigenvalue weighted by atomic mass is 10.2. The van der Waals surface area contributed by atoms with Crippen LogP contribution < -0.4 is 4.90 Å². The molecule has 0 bridgehead atoms. The predicted molar refractivity (Wildman–Crippen MR) is 82.4 cm³/mol. The van der Waals surface area contributed by atoms with E-state index in [-0.39, 0.29) is 0 Å². The molecular formula is C14H13Cl3N2. The van der Waals surface area contributed by atoms with Crippen molar-refractivity contribution in [3.05, 3.63) is 57.7 Å². The molecule has 0 radical (unpaired) electrons. The molecule has 1 heterocycles. The number of alkyl halides is 1. The largest absolute Gasteiger partial charge is 0.355 e. The summed E-state index contributed by atoms with van der Waals surface area (Å²) in [6.45, 7) is 0.719. The Morgan fingerprint density at radius 1 is 1.21 bits per heavy atom. The van der Waals surface area contributed by atoms with E-state index >= 15 is 0 Å². The zero-order chi connectivity index (χ0) is 13.8. The predicted octanol–water partition coefficient (Wildman–Crippen LogP) is 4.76. The van der Waals surface area contributed by atoms with Gasteiger partial charge in [0.15, 0.2) is 0 Å². The van der Waals surface area contributed by atoms with Gasteiger partial charge in [-0.2, -0.15) is 0 Å². The zero-order valence-corrected chi connectivity index (χ0v) is 12.7. The van der Waals surface area contributed by atoms with Gasteiger partial charge in [0.05, 0.1) is 5.02 Å². The second kappa shape index (κ2) is 6.47. The summed E-state index contributed by atoms with van der Waals surface area (Å²) in [6.07, 6.45) is 1.63. The summed E-state index contributed by atoms with van der Waals surface area (Å²) in [5.74, 6) is 1.21. The van der Waals surface area contributed by atoms with E-state index in [2.05, 4.69) is 4.98 Å². The summed E-state index contributed by atoms with van der Waals surface area (Å²) in [5.41, 5.74) is 2.01. The van der Waals surface area contributed by atoms with Crippen LogP contribution in [0.15, 0.2) is 36.5 Å². The summed E-state index contributed by atoms with van der Waals surface area (Å²) >= 11 is 17.8. The van der Waals surface area contributed by atoms with Crippen molar-refractivity contribution in [1.82, 2.24) is 4.98 Å². The summed E-state index contributed by atoms with van der Waals surface area (Å²) in [4.78, 5) is 6.33. The minimum atomic E-state index is 0.374. The number of rotatable bonds is 4. The van der Waals surface area contributed by atoms with Crippen LogP contribution in [0.2, 0.25) is 10.0 Å². The fourth-order valence-corrected chi connectivity index (χ4v) is 2.44. The number of hydrogen-bond donors (Lipinski definition) is 0. The number of nitrogens with zero attached hydrogens (tertiary/aromatic N) is 2. The third kappa shape index (κ3) is 3.75. The normalized spacial score (nSPS) is 10.5. The lowest BCUT2D eigenvalue weighted by Crippen LogP contribution is -2.17. The van der Waals surface area contributed by atoms with Gasteiger partial charge in [0.1, 0.15) is 5.82 Å². The van der Waals surface area contributed by atoms with E-state index in [1.165, 1.54) is 0 Å². The smallest absolute Gasteiger partial charge is 0.128 e. The maximum atomic E-state index is 6.00. The number of aromatic nitrogens is 1. The van der Waals surface area contributed by atoms with Gasteiger partial charge in [0.2, 0.25) is 0 Å². The lowest BCUT2D eigenvalue weighted by Gasteiger charge is -2.19. The van der Waals surface area contributed by atoms with Crippen LogP contribution in [0.25, 0.3) is 0 Å². The fraction of sp³-hybridized carbons (Fsp3) is 0.214. The van der Waals surface area contributed by atoms with E-state index in [1.807, 2.05) is 42.3 Å². The Bertz CT molecular complexity index is 572. The van der Waals surface area contributed by atoms with Gasteiger partial charge < -0.3 is 4.90 Å². The van der Waals surface area contributed by atoms with Crippen LogP contribution >= 0.6 is 34.8 Å². The summed E-state index contributed by atoms with van der Waals surface area (Å²) in [6, 6.07) is 9.67. The van der Waals surface area contributed by atoms with E-state index < -0.39 is 0 Å². The van der Waals surface area contributed by atoms with Crippen LogP contribution in [0.1, 0.15) is 11.1 Å². The van der Waals surface area contributed by atoms with Crippen LogP contribution in [-0.2, 0) is 12.4 Å². The quantitative estimate of drug-likeness (QED) is 0.756. The lowest BCUT2D eigenvalue weighted by molar-refractivity contribution is 0.896. The highest BCUT2D eigenvalue weighted by Gasteiger charge is 2.07. The molecule has 2 nitrogen and oxygen atoms in total. The van der Waals surface area contributed by atoms with E-state index in [4.69, 9.17) is 34.8 Å². The Morgan fingerprint density at radius 2 is 2.00 bits per heavy atom. The minimum absolute atomic E-state index is 0.374. The van der Waals surface area contributed by atoms with Crippen molar-refractivity contribution < 1.29 is 0 Å². The first-order valence-electron chi connectivity index (χ1n) is 5.76. The molecule has 0 amide bonds. The molecule has 100 valence electrons. The molecule has 0 unspecified atom stereocenters. The van der Waals surface area contributed by atoms with Gasteiger partial charge in [-0.25, -0.2) is 4.98 Å². The molecule has 2 aromatic rings. The Labute approximate surface area is 127 Å². The molecule has 0 atom stereocenters. The topological polar surface area (TPSA) is 16.1 Å². The molecule has 0 saturated carbocycles. The van der Waals surface area contributed by atoms with Crippen molar-refractivity contribution in [3.8, 4) is 0 Å². The standard InChI is InChI=1S/C14H13Cl3N2/c1-19(9-10-3-2-4-12(16)5-10)14-6-11(7-15)13(17)8-18-14/h2-6,8H,7,9H2,1H3. The number of anilines is 1. The molecule has 0 fully saturated rings. The first kappa shape index (κ1) is 14.4. The zero-order valence-electron chi connectivity index (χ0n) is 10.4. The Morgan fingerprint density at radius 3 is 2.68 bits per heavy atom. The van der Waals surface area contributed by atoms with E-state index in [9.17, 15) is 0 Å². The second-order valence-corrected chi connectivity index (χ2v) is 5.36. The molecule has 1 aromatic carbocycles. The molecule has 0 spiro atoms. The van der Waals surface area contributed by atoms with Crippen molar-refractivity contribution in [2.75, 3.05) is 11.9 Å². The van der Waals surface area contributed by atoms with Crippen LogP contribution in [0, 0.1) is 0 Å². The fourth-order valence-electron chi connectivity index (χ4n) is 1.77. The van der Waals surface area contributed by atoms with Crippen molar-refractivity contribution >= 4 is 40.6 Å². The van der Waals surface area contributed by atoms with E-state index in [0.29, 0.717) is 10.9 Å². The first-order chi connectivity index (χ1) is 9.10. The second-order valence-electron chi connectivity index (χ2n) is 4.25.